The van der Waals surface area contributed by atoms with Crippen molar-refractivity contribution in [1.29, 1.82) is 0 Å². The Kier molecular flexibility index (Phi) is 6.70. The zero-order valence-corrected chi connectivity index (χ0v) is 7.18. The highest BCUT2D eigenvalue weighted by Crippen LogP contribution is 1.97. The van der Waals surface area contributed by atoms with Crippen molar-refractivity contribution in [2.24, 2.45) is 0 Å². The lowest BCUT2D eigenvalue weighted by Crippen LogP contribution is -1.87. The largest absolute Gasteiger partial charge is 0.300 e. The summed E-state index contributed by atoms with van der Waals surface area (Å²) >= 11 is 0. The van der Waals surface area contributed by atoms with E-state index in [1.807, 2.05) is 6.08 Å². The fourth-order valence-corrected chi connectivity index (χ4v) is 0.779. The van der Waals surface area contributed by atoms with Crippen molar-refractivity contribution in [1.82, 2.24) is 0 Å². The molecule has 0 aromatic carbocycles. The molecule has 0 aliphatic carbocycles. The predicted molar refractivity (Wildman–Crippen MR) is 48.5 cm³/mol. The maximum atomic E-state index is 10.5. The van der Waals surface area contributed by atoms with Crippen molar-refractivity contribution in [3.05, 3.63) is 24.8 Å². The maximum absolute atomic E-state index is 10.5. The number of carbonyl (C=O) groups excluding carboxylic acids is 1. The molecule has 0 saturated carbocycles. The topological polar surface area (TPSA) is 17.1 Å². The summed E-state index contributed by atoms with van der Waals surface area (Å²) < 4.78 is 0. The Hall–Kier alpha value is -0.850. The summed E-state index contributed by atoms with van der Waals surface area (Å²) in [6.45, 7) is 5.23. The lowest BCUT2D eigenvalue weighted by atomic mass is 10.2. The third-order valence-corrected chi connectivity index (χ3v) is 1.37. The quantitative estimate of drug-likeness (QED) is 0.422. The second-order valence-electron chi connectivity index (χ2n) is 2.59. The summed E-state index contributed by atoms with van der Waals surface area (Å²) in [5.74, 6) is 0.280. The third kappa shape index (κ3) is 9.15. The van der Waals surface area contributed by atoms with Crippen LogP contribution in [0.1, 0.15) is 32.6 Å². The minimum absolute atomic E-state index is 0.280. The number of hydrogen-bond donors (Lipinski definition) is 0. The number of ketones is 1. The molecule has 1 nitrogen and oxygen atoms in total. The van der Waals surface area contributed by atoms with Crippen LogP contribution in [0, 0.1) is 0 Å². The van der Waals surface area contributed by atoms with Crippen LogP contribution in [0.3, 0.4) is 0 Å². The number of rotatable bonds is 6. The molecule has 0 bridgehead atoms. The molecule has 0 atom stereocenters. The molecule has 1 heteroatoms. The number of hydrogen-bond acceptors (Lipinski definition) is 1. The molecule has 0 spiro atoms. The SMILES string of the molecule is C=CCC=CCCCC(C)=O. The molecule has 0 aromatic rings. The van der Waals surface area contributed by atoms with Crippen LogP contribution in [-0.4, -0.2) is 5.78 Å². The van der Waals surface area contributed by atoms with Crippen LogP contribution in [-0.2, 0) is 4.79 Å². The van der Waals surface area contributed by atoms with Crippen LogP contribution in [0.4, 0.5) is 0 Å². The Bertz CT molecular complexity index is 145. The van der Waals surface area contributed by atoms with E-state index in [2.05, 4.69) is 18.7 Å². The Morgan fingerprint density at radius 1 is 1.45 bits per heavy atom. The van der Waals surface area contributed by atoms with Gasteiger partial charge in [-0.05, 0) is 26.2 Å². The first kappa shape index (κ1) is 10.2. The van der Waals surface area contributed by atoms with E-state index < -0.39 is 0 Å². The van der Waals surface area contributed by atoms with Gasteiger partial charge in [-0.15, -0.1) is 6.58 Å². The van der Waals surface area contributed by atoms with Crippen LogP contribution in [0.25, 0.3) is 0 Å². The predicted octanol–water partition coefficient (Wildman–Crippen LogP) is 2.88. The van der Waals surface area contributed by atoms with Crippen molar-refractivity contribution < 1.29 is 4.79 Å². The van der Waals surface area contributed by atoms with Crippen LogP contribution in [0.15, 0.2) is 24.8 Å². The van der Waals surface area contributed by atoms with Gasteiger partial charge in [0.05, 0.1) is 0 Å². The molecule has 0 aliphatic heterocycles. The first-order valence-electron chi connectivity index (χ1n) is 4.02. The van der Waals surface area contributed by atoms with E-state index in [0.29, 0.717) is 6.42 Å². The molecule has 0 N–H and O–H groups in total. The summed E-state index contributed by atoms with van der Waals surface area (Å²) in [6.07, 6.45) is 9.66. The molecule has 11 heavy (non-hydrogen) atoms. The van der Waals surface area contributed by atoms with E-state index in [9.17, 15) is 4.79 Å². The first-order chi connectivity index (χ1) is 5.27. The number of allylic oxidation sites excluding steroid dienone is 3. The summed E-state index contributed by atoms with van der Waals surface area (Å²) in [4.78, 5) is 10.5. The van der Waals surface area contributed by atoms with Gasteiger partial charge in [-0.3, -0.25) is 0 Å². The van der Waals surface area contributed by atoms with E-state index in [1.165, 1.54) is 0 Å². The van der Waals surface area contributed by atoms with Gasteiger partial charge in [-0.1, -0.05) is 18.2 Å². The van der Waals surface area contributed by atoms with Gasteiger partial charge >= 0.3 is 0 Å². The van der Waals surface area contributed by atoms with Crippen LogP contribution in [0.2, 0.25) is 0 Å². The Labute approximate surface area is 68.8 Å². The molecular weight excluding hydrogens is 136 g/mol. The number of carbonyl (C=O) groups is 1. The minimum atomic E-state index is 0.280. The van der Waals surface area contributed by atoms with E-state index >= 15 is 0 Å². The summed E-state index contributed by atoms with van der Waals surface area (Å²) in [6, 6.07) is 0. The molecule has 0 saturated heterocycles. The lowest BCUT2D eigenvalue weighted by molar-refractivity contribution is -0.117. The second kappa shape index (κ2) is 7.26. The van der Waals surface area contributed by atoms with Gasteiger partial charge < -0.3 is 4.79 Å². The average Bonchev–Trinajstić information content (AvgIpc) is 1.96. The number of Topliss-reactive ketones (excluding diaryl/α,β-unsaturated/α-hetero) is 1. The summed E-state index contributed by atoms with van der Waals surface area (Å²) in [7, 11) is 0. The highest BCUT2D eigenvalue weighted by Gasteiger charge is 1.89. The first-order valence-corrected chi connectivity index (χ1v) is 4.02. The van der Waals surface area contributed by atoms with Crippen molar-refractivity contribution in [2.75, 3.05) is 0 Å². The highest BCUT2D eigenvalue weighted by molar-refractivity contribution is 5.75. The van der Waals surface area contributed by atoms with Crippen LogP contribution in [0.5, 0.6) is 0 Å². The Morgan fingerprint density at radius 3 is 2.73 bits per heavy atom. The molecule has 0 aliphatic rings. The molecule has 0 aromatic heterocycles. The zero-order chi connectivity index (χ0) is 8.53. The van der Waals surface area contributed by atoms with Gasteiger partial charge in [0.2, 0.25) is 0 Å². The molecule has 0 rings (SSSR count). The molecule has 0 fully saturated rings. The molecular formula is C10H16O. The van der Waals surface area contributed by atoms with Gasteiger partial charge in [0.25, 0.3) is 0 Å². The van der Waals surface area contributed by atoms with Crippen molar-refractivity contribution in [3.63, 3.8) is 0 Å². The van der Waals surface area contributed by atoms with E-state index in [-0.39, 0.29) is 5.78 Å². The van der Waals surface area contributed by atoms with Crippen LogP contribution >= 0.6 is 0 Å². The standard InChI is InChI=1S/C10H16O/c1-3-4-5-6-7-8-9-10(2)11/h3,5-6H,1,4,7-9H2,2H3. The fraction of sp³-hybridized carbons (Fsp3) is 0.500. The normalized spacial score (nSPS) is 10.3. The number of unbranched alkanes of at least 4 members (excludes halogenated alkanes) is 1. The lowest BCUT2D eigenvalue weighted by Gasteiger charge is -1.90. The Balaban J connectivity index is 3.13. The van der Waals surface area contributed by atoms with E-state index in [4.69, 9.17) is 0 Å². The van der Waals surface area contributed by atoms with Crippen molar-refractivity contribution >= 4 is 5.78 Å². The molecule has 0 radical (unpaired) electrons. The van der Waals surface area contributed by atoms with Gasteiger partial charge in [-0.2, -0.15) is 0 Å². The monoisotopic (exact) mass is 152 g/mol. The second-order valence-corrected chi connectivity index (χ2v) is 2.59. The molecule has 62 valence electrons. The third-order valence-electron chi connectivity index (χ3n) is 1.37. The molecule has 0 amide bonds. The fourth-order valence-electron chi connectivity index (χ4n) is 0.779. The molecule has 0 heterocycles. The van der Waals surface area contributed by atoms with Crippen molar-refractivity contribution in [3.8, 4) is 0 Å². The molecule has 0 unspecified atom stereocenters. The van der Waals surface area contributed by atoms with Gasteiger partial charge in [0.1, 0.15) is 5.78 Å². The Morgan fingerprint density at radius 2 is 2.18 bits per heavy atom. The van der Waals surface area contributed by atoms with E-state index in [1.54, 1.807) is 6.92 Å². The summed E-state index contributed by atoms with van der Waals surface area (Å²) in [5.41, 5.74) is 0. The zero-order valence-electron chi connectivity index (χ0n) is 7.18. The van der Waals surface area contributed by atoms with Crippen LogP contribution < -0.4 is 0 Å². The van der Waals surface area contributed by atoms with E-state index in [0.717, 1.165) is 19.3 Å². The van der Waals surface area contributed by atoms with Gasteiger partial charge in [-0.25, -0.2) is 0 Å². The maximum Gasteiger partial charge on any atom is 0.129 e. The highest BCUT2D eigenvalue weighted by atomic mass is 16.1. The average molecular weight is 152 g/mol. The summed E-state index contributed by atoms with van der Waals surface area (Å²) in [5, 5.41) is 0. The van der Waals surface area contributed by atoms with Crippen molar-refractivity contribution in [2.45, 2.75) is 32.6 Å². The van der Waals surface area contributed by atoms with Gasteiger partial charge in [0.15, 0.2) is 0 Å². The smallest absolute Gasteiger partial charge is 0.129 e. The van der Waals surface area contributed by atoms with Gasteiger partial charge in [0, 0.05) is 6.42 Å². The minimum Gasteiger partial charge on any atom is -0.300 e.